The van der Waals surface area contributed by atoms with Crippen LogP contribution >= 0.6 is 12.4 Å². The molecule has 2 rings (SSSR count). The highest BCUT2D eigenvalue weighted by atomic mass is 35.5. The Bertz CT molecular complexity index is 342. The lowest BCUT2D eigenvalue weighted by atomic mass is 10.1. The van der Waals surface area contributed by atoms with Crippen molar-refractivity contribution in [2.75, 3.05) is 7.05 Å². The molecule has 1 amide bonds. The molecule has 1 aromatic rings. The van der Waals surface area contributed by atoms with E-state index in [-0.39, 0.29) is 24.4 Å². The molecule has 1 aromatic carbocycles. The number of benzene rings is 1. The van der Waals surface area contributed by atoms with Gasteiger partial charge < -0.3 is 5.32 Å². The molecule has 1 saturated heterocycles. The van der Waals surface area contributed by atoms with Gasteiger partial charge in [-0.05, 0) is 18.4 Å². The van der Waals surface area contributed by atoms with Gasteiger partial charge in [0.1, 0.15) is 0 Å². The van der Waals surface area contributed by atoms with Gasteiger partial charge in [0.05, 0.1) is 6.04 Å². The third kappa shape index (κ3) is 2.74. The predicted molar refractivity (Wildman–Crippen MR) is 66.7 cm³/mol. The van der Waals surface area contributed by atoms with Gasteiger partial charge in [-0.1, -0.05) is 30.3 Å². The van der Waals surface area contributed by atoms with Gasteiger partial charge in [0.25, 0.3) is 0 Å². The minimum absolute atomic E-state index is 0. The molecule has 1 fully saturated rings. The highest BCUT2D eigenvalue weighted by Crippen LogP contribution is 2.26. The predicted octanol–water partition coefficient (Wildman–Crippen LogP) is 1.65. The SMILES string of the molecule is CNC(=O)[C@@H]1CC[C@H](c2ccccc2)N1.Cl. The fraction of sp³-hybridized carbons (Fsp3) is 0.417. The molecule has 0 aliphatic carbocycles. The lowest BCUT2D eigenvalue weighted by Gasteiger charge is -2.13. The summed E-state index contributed by atoms with van der Waals surface area (Å²) in [6.45, 7) is 0. The number of hydrogen-bond acceptors (Lipinski definition) is 2. The summed E-state index contributed by atoms with van der Waals surface area (Å²) in [5.74, 6) is 0.0911. The molecule has 3 nitrogen and oxygen atoms in total. The molecule has 1 aliphatic heterocycles. The Morgan fingerprint density at radius 3 is 2.62 bits per heavy atom. The van der Waals surface area contributed by atoms with E-state index in [0.29, 0.717) is 6.04 Å². The van der Waals surface area contributed by atoms with Crippen LogP contribution in [0.25, 0.3) is 0 Å². The van der Waals surface area contributed by atoms with E-state index in [4.69, 9.17) is 0 Å². The van der Waals surface area contributed by atoms with E-state index in [1.54, 1.807) is 7.05 Å². The molecule has 0 spiro atoms. The molecule has 1 heterocycles. The first-order chi connectivity index (χ1) is 7.31. The van der Waals surface area contributed by atoms with Gasteiger partial charge in [0.15, 0.2) is 0 Å². The van der Waals surface area contributed by atoms with Crippen LogP contribution in [0.2, 0.25) is 0 Å². The summed E-state index contributed by atoms with van der Waals surface area (Å²) in [5, 5.41) is 6.02. The zero-order chi connectivity index (χ0) is 10.7. The van der Waals surface area contributed by atoms with E-state index in [0.717, 1.165) is 12.8 Å². The van der Waals surface area contributed by atoms with Crippen LogP contribution in [0.5, 0.6) is 0 Å². The molecule has 0 saturated carbocycles. The van der Waals surface area contributed by atoms with Crippen LogP contribution in [-0.2, 0) is 4.79 Å². The number of rotatable bonds is 2. The standard InChI is InChI=1S/C12H16N2O.ClH/c1-13-12(15)11-8-7-10(14-11)9-5-3-2-4-6-9;/h2-6,10-11,14H,7-8H2,1H3,(H,13,15);1H/t10-,11+;/m1./s1. The van der Waals surface area contributed by atoms with Crippen molar-refractivity contribution >= 4 is 18.3 Å². The first-order valence-corrected chi connectivity index (χ1v) is 5.34. The van der Waals surface area contributed by atoms with Crippen molar-refractivity contribution in [1.82, 2.24) is 10.6 Å². The van der Waals surface area contributed by atoms with Gasteiger partial charge >= 0.3 is 0 Å². The number of nitrogens with one attached hydrogen (secondary N) is 2. The van der Waals surface area contributed by atoms with Crippen molar-refractivity contribution in [2.24, 2.45) is 0 Å². The summed E-state index contributed by atoms with van der Waals surface area (Å²) >= 11 is 0. The fourth-order valence-electron chi connectivity index (χ4n) is 2.07. The maximum absolute atomic E-state index is 11.4. The maximum atomic E-state index is 11.4. The number of carbonyl (C=O) groups is 1. The van der Waals surface area contributed by atoms with Crippen molar-refractivity contribution in [3.05, 3.63) is 35.9 Å². The summed E-state index contributed by atoms with van der Waals surface area (Å²) < 4.78 is 0. The lowest BCUT2D eigenvalue weighted by molar-refractivity contribution is -0.122. The molecule has 0 unspecified atom stereocenters. The van der Waals surface area contributed by atoms with Crippen LogP contribution in [0.15, 0.2) is 30.3 Å². The van der Waals surface area contributed by atoms with Crippen LogP contribution in [0.4, 0.5) is 0 Å². The Balaban J connectivity index is 0.00000128. The molecular formula is C12H17ClN2O. The topological polar surface area (TPSA) is 41.1 Å². The highest BCUT2D eigenvalue weighted by Gasteiger charge is 2.28. The van der Waals surface area contributed by atoms with Crippen LogP contribution in [0.3, 0.4) is 0 Å². The van der Waals surface area contributed by atoms with E-state index in [1.165, 1.54) is 5.56 Å². The number of likely N-dealkylation sites (N-methyl/N-ethyl adjacent to an activating group) is 1. The maximum Gasteiger partial charge on any atom is 0.236 e. The first-order valence-electron chi connectivity index (χ1n) is 5.34. The summed E-state index contributed by atoms with van der Waals surface area (Å²) in [4.78, 5) is 11.4. The van der Waals surface area contributed by atoms with Crippen LogP contribution in [-0.4, -0.2) is 19.0 Å². The monoisotopic (exact) mass is 240 g/mol. The molecule has 2 atom stereocenters. The average Bonchev–Trinajstić information content (AvgIpc) is 2.78. The molecule has 0 bridgehead atoms. The van der Waals surface area contributed by atoms with Gasteiger partial charge in [-0.3, -0.25) is 10.1 Å². The summed E-state index contributed by atoms with van der Waals surface area (Å²) in [5.41, 5.74) is 1.27. The van der Waals surface area contributed by atoms with E-state index < -0.39 is 0 Å². The van der Waals surface area contributed by atoms with Crippen LogP contribution in [0, 0.1) is 0 Å². The third-order valence-corrected chi connectivity index (χ3v) is 2.91. The minimum Gasteiger partial charge on any atom is -0.358 e. The minimum atomic E-state index is -0.0276. The average molecular weight is 241 g/mol. The van der Waals surface area contributed by atoms with E-state index >= 15 is 0 Å². The Hall–Kier alpha value is -1.06. The van der Waals surface area contributed by atoms with Gasteiger partial charge in [0, 0.05) is 13.1 Å². The summed E-state index contributed by atoms with van der Waals surface area (Å²) in [6, 6.07) is 10.6. The lowest BCUT2D eigenvalue weighted by Crippen LogP contribution is -2.39. The Morgan fingerprint density at radius 2 is 2.00 bits per heavy atom. The molecular weight excluding hydrogens is 224 g/mol. The van der Waals surface area contributed by atoms with Gasteiger partial charge in [0.2, 0.25) is 5.91 Å². The largest absolute Gasteiger partial charge is 0.358 e. The zero-order valence-electron chi connectivity index (χ0n) is 9.27. The van der Waals surface area contributed by atoms with E-state index in [1.807, 2.05) is 18.2 Å². The van der Waals surface area contributed by atoms with E-state index in [9.17, 15) is 4.79 Å². The Kier molecular flexibility index (Phi) is 4.77. The first kappa shape index (κ1) is 13.0. The molecule has 88 valence electrons. The quantitative estimate of drug-likeness (QED) is 0.826. The van der Waals surface area contributed by atoms with Gasteiger partial charge in [-0.2, -0.15) is 0 Å². The Labute approximate surface area is 102 Å². The zero-order valence-corrected chi connectivity index (χ0v) is 10.1. The van der Waals surface area contributed by atoms with Crippen molar-refractivity contribution in [1.29, 1.82) is 0 Å². The molecule has 0 radical (unpaired) electrons. The number of amides is 1. The normalized spacial score (nSPS) is 23.6. The van der Waals surface area contributed by atoms with Crippen LogP contribution < -0.4 is 10.6 Å². The number of hydrogen-bond donors (Lipinski definition) is 2. The third-order valence-electron chi connectivity index (χ3n) is 2.91. The second kappa shape index (κ2) is 5.87. The van der Waals surface area contributed by atoms with Gasteiger partial charge in [-0.15, -0.1) is 12.4 Å². The summed E-state index contributed by atoms with van der Waals surface area (Å²) in [6.07, 6.45) is 1.95. The number of carbonyl (C=O) groups excluding carboxylic acids is 1. The number of halogens is 1. The molecule has 0 aromatic heterocycles. The summed E-state index contributed by atoms with van der Waals surface area (Å²) in [7, 11) is 1.68. The highest BCUT2D eigenvalue weighted by molar-refractivity contribution is 5.85. The Morgan fingerprint density at radius 1 is 1.31 bits per heavy atom. The molecule has 4 heteroatoms. The van der Waals surface area contributed by atoms with Crippen molar-refractivity contribution in [2.45, 2.75) is 24.9 Å². The van der Waals surface area contributed by atoms with Crippen molar-refractivity contribution < 1.29 is 4.79 Å². The molecule has 16 heavy (non-hydrogen) atoms. The van der Waals surface area contributed by atoms with Crippen molar-refractivity contribution in [3.63, 3.8) is 0 Å². The van der Waals surface area contributed by atoms with Crippen LogP contribution in [0.1, 0.15) is 24.4 Å². The van der Waals surface area contributed by atoms with E-state index in [2.05, 4.69) is 22.8 Å². The fourth-order valence-corrected chi connectivity index (χ4v) is 2.07. The molecule has 2 N–H and O–H groups in total. The van der Waals surface area contributed by atoms with Crippen molar-refractivity contribution in [3.8, 4) is 0 Å². The smallest absolute Gasteiger partial charge is 0.236 e. The second-order valence-corrected chi connectivity index (χ2v) is 3.87. The molecule has 1 aliphatic rings. The van der Waals surface area contributed by atoms with Gasteiger partial charge in [-0.25, -0.2) is 0 Å². The second-order valence-electron chi connectivity index (χ2n) is 3.87.